The van der Waals surface area contributed by atoms with Gasteiger partial charge in [-0.3, -0.25) is 4.79 Å². The average Bonchev–Trinajstić information content (AvgIpc) is 2.81. The fourth-order valence-corrected chi connectivity index (χ4v) is 1.70. The van der Waals surface area contributed by atoms with Crippen molar-refractivity contribution in [3.8, 4) is 0 Å². The number of amides is 1. The highest BCUT2D eigenvalue weighted by atomic mass is 35.5. The van der Waals surface area contributed by atoms with Gasteiger partial charge in [-0.1, -0.05) is 35.0 Å². The standard InChI is InChI=1S/C14H13ClN2O2/c1-10-12(9-17-19-10)8-16-14(18)7-6-11-4-2-3-5-13(11)15/h2-7,9H,8H2,1H3,(H,16,18)/b7-6+. The molecule has 19 heavy (non-hydrogen) atoms. The van der Waals surface area contributed by atoms with Crippen molar-refractivity contribution in [2.24, 2.45) is 0 Å². The summed E-state index contributed by atoms with van der Waals surface area (Å²) in [5, 5.41) is 7.00. The van der Waals surface area contributed by atoms with Crippen molar-refractivity contribution in [1.82, 2.24) is 10.5 Å². The molecule has 0 saturated carbocycles. The number of hydrogen-bond donors (Lipinski definition) is 1. The van der Waals surface area contributed by atoms with Crippen LogP contribution in [-0.4, -0.2) is 11.1 Å². The summed E-state index contributed by atoms with van der Waals surface area (Å²) >= 11 is 5.98. The van der Waals surface area contributed by atoms with E-state index in [-0.39, 0.29) is 5.91 Å². The topological polar surface area (TPSA) is 55.1 Å². The third kappa shape index (κ3) is 3.69. The molecule has 0 fully saturated rings. The van der Waals surface area contributed by atoms with Crippen molar-refractivity contribution in [3.05, 3.63) is 58.4 Å². The molecule has 0 aliphatic heterocycles. The van der Waals surface area contributed by atoms with Gasteiger partial charge in [-0.15, -0.1) is 0 Å². The number of carbonyl (C=O) groups excluding carboxylic acids is 1. The Morgan fingerprint density at radius 3 is 2.95 bits per heavy atom. The number of aromatic nitrogens is 1. The van der Waals surface area contributed by atoms with Gasteiger partial charge in [0.2, 0.25) is 5.91 Å². The number of halogens is 1. The molecule has 1 N–H and O–H groups in total. The number of aryl methyl sites for hydroxylation is 1. The monoisotopic (exact) mass is 276 g/mol. The summed E-state index contributed by atoms with van der Waals surface area (Å²) in [4.78, 5) is 11.6. The molecule has 0 unspecified atom stereocenters. The van der Waals surface area contributed by atoms with Gasteiger partial charge in [0.1, 0.15) is 5.76 Å². The van der Waals surface area contributed by atoms with E-state index in [1.165, 1.54) is 6.08 Å². The first-order chi connectivity index (χ1) is 9.16. The number of rotatable bonds is 4. The normalized spacial score (nSPS) is 10.8. The molecule has 2 rings (SSSR count). The van der Waals surface area contributed by atoms with E-state index in [1.807, 2.05) is 18.2 Å². The van der Waals surface area contributed by atoms with Gasteiger partial charge in [0.05, 0.1) is 6.20 Å². The highest BCUT2D eigenvalue weighted by molar-refractivity contribution is 6.32. The Morgan fingerprint density at radius 2 is 2.26 bits per heavy atom. The maximum absolute atomic E-state index is 11.6. The molecule has 2 aromatic rings. The Kier molecular flexibility index (Phi) is 4.36. The third-order valence-electron chi connectivity index (χ3n) is 2.62. The van der Waals surface area contributed by atoms with Gasteiger partial charge in [-0.05, 0) is 24.6 Å². The van der Waals surface area contributed by atoms with E-state index < -0.39 is 0 Å². The van der Waals surface area contributed by atoms with Crippen LogP contribution < -0.4 is 5.32 Å². The molecule has 4 nitrogen and oxygen atoms in total. The summed E-state index contributed by atoms with van der Waals surface area (Å²) in [6, 6.07) is 7.33. The second kappa shape index (κ2) is 6.20. The van der Waals surface area contributed by atoms with Crippen molar-refractivity contribution in [2.75, 3.05) is 0 Å². The van der Waals surface area contributed by atoms with Gasteiger partial charge >= 0.3 is 0 Å². The van der Waals surface area contributed by atoms with Crippen molar-refractivity contribution in [1.29, 1.82) is 0 Å². The second-order valence-electron chi connectivity index (χ2n) is 3.98. The van der Waals surface area contributed by atoms with E-state index in [0.717, 1.165) is 11.1 Å². The summed E-state index contributed by atoms with van der Waals surface area (Å²) in [6.07, 6.45) is 4.72. The number of benzene rings is 1. The zero-order valence-electron chi connectivity index (χ0n) is 10.4. The number of hydrogen-bond acceptors (Lipinski definition) is 3. The van der Waals surface area contributed by atoms with E-state index in [0.29, 0.717) is 17.3 Å². The van der Waals surface area contributed by atoms with Gasteiger partial charge in [-0.2, -0.15) is 0 Å². The largest absolute Gasteiger partial charge is 0.361 e. The molecule has 1 heterocycles. The van der Waals surface area contributed by atoms with Crippen LogP contribution in [-0.2, 0) is 11.3 Å². The van der Waals surface area contributed by atoms with Crippen LogP contribution in [0.1, 0.15) is 16.9 Å². The lowest BCUT2D eigenvalue weighted by Gasteiger charge is -2.00. The van der Waals surface area contributed by atoms with Gasteiger partial charge in [0.15, 0.2) is 0 Å². The van der Waals surface area contributed by atoms with E-state index >= 15 is 0 Å². The first-order valence-corrected chi connectivity index (χ1v) is 6.15. The lowest BCUT2D eigenvalue weighted by Crippen LogP contribution is -2.20. The Morgan fingerprint density at radius 1 is 1.47 bits per heavy atom. The lowest BCUT2D eigenvalue weighted by atomic mass is 10.2. The Hall–Kier alpha value is -2.07. The summed E-state index contributed by atoms with van der Waals surface area (Å²) in [5.41, 5.74) is 1.67. The molecule has 0 bridgehead atoms. The molecular weight excluding hydrogens is 264 g/mol. The van der Waals surface area contributed by atoms with Gasteiger partial charge in [-0.25, -0.2) is 0 Å². The van der Waals surface area contributed by atoms with Gasteiger partial charge in [0, 0.05) is 23.2 Å². The molecule has 0 saturated heterocycles. The minimum atomic E-state index is -0.194. The fourth-order valence-electron chi connectivity index (χ4n) is 1.51. The van der Waals surface area contributed by atoms with Gasteiger partial charge < -0.3 is 9.84 Å². The second-order valence-corrected chi connectivity index (χ2v) is 4.39. The minimum absolute atomic E-state index is 0.194. The zero-order chi connectivity index (χ0) is 13.7. The molecule has 0 radical (unpaired) electrons. The molecule has 0 atom stereocenters. The summed E-state index contributed by atoms with van der Waals surface area (Å²) in [6.45, 7) is 2.19. The summed E-state index contributed by atoms with van der Waals surface area (Å²) in [5.74, 6) is 0.510. The SMILES string of the molecule is Cc1oncc1CNC(=O)/C=C/c1ccccc1Cl. The average molecular weight is 277 g/mol. The third-order valence-corrected chi connectivity index (χ3v) is 2.97. The Bertz CT molecular complexity index is 605. The quantitative estimate of drug-likeness (QED) is 0.874. The van der Waals surface area contributed by atoms with Crippen LogP contribution in [0.25, 0.3) is 6.08 Å². The van der Waals surface area contributed by atoms with Crippen molar-refractivity contribution < 1.29 is 9.32 Å². The van der Waals surface area contributed by atoms with E-state index in [4.69, 9.17) is 16.1 Å². The van der Waals surface area contributed by atoms with Crippen LogP contribution >= 0.6 is 11.6 Å². The highest BCUT2D eigenvalue weighted by Gasteiger charge is 2.03. The fraction of sp³-hybridized carbons (Fsp3) is 0.143. The van der Waals surface area contributed by atoms with Crippen LogP contribution in [0.4, 0.5) is 0 Å². The predicted octanol–water partition coefficient (Wildman–Crippen LogP) is 2.97. The molecule has 0 aliphatic rings. The minimum Gasteiger partial charge on any atom is -0.361 e. The molecule has 5 heteroatoms. The van der Waals surface area contributed by atoms with E-state index in [9.17, 15) is 4.79 Å². The van der Waals surface area contributed by atoms with Crippen LogP contribution in [0.5, 0.6) is 0 Å². The summed E-state index contributed by atoms with van der Waals surface area (Å²) in [7, 11) is 0. The first kappa shape index (κ1) is 13.4. The molecule has 0 aliphatic carbocycles. The highest BCUT2D eigenvalue weighted by Crippen LogP contribution is 2.16. The van der Waals surface area contributed by atoms with Crippen molar-refractivity contribution >= 4 is 23.6 Å². The van der Waals surface area contributed by atoms with Crippen molar-refractivity contribution in [2.45, 2.75) is 13.5 Å². The Balaban J connectivity index is 1.91. The maximum atomic E-state index is 11.6. The maximum Gasteiger partial charge on any atom is 0.244 e. The van der Waals surface area contributed by atoms with Gasteiger partial charge in [0.25, 0.3) is 0 Å². The lowest BCUT2D eigenvalue weighted by molar-refractivity contribution is -0.116. The predicted molar refractivity (Wildman–Crippen MR) is 73.6 cm³/mol. The molecule has 1 aromatic carbocycles. The van der Waals surface area contributed by atoms with Crippen LogP contribution in [0.15, 0.2) is 41.1 Å². The molecule has 1 amide bonds. The number of carbonyl (C=O) groups is 1. The summed E-state index contributed by atoms with van der Waals surface area (Å²) < 4.78 is 4.91. The molecule has 0 spiro atoms. The van der Waals surface area contributed by atoms with Crippen molar-refractivity contribution in [3.63, 3.8) is 0 Å². The molecular formula is C14H13ClN2O2. The van der Waals surface area contributed by atoms with E-state index in [1.54, 1.807) is 25.3 Å². The smallest absolute Gasteiger partial charge is 0.244 e. The zero-order valence-corrected chi connectivity index (χ0v) is 11.1. The number of nitrogens with one attached hydrogen (secondary N) is 1. The first-order valence-electron chi connectivity index (χ1n) is 5.77. The number of nitrogens with zero attached hydrogens (tertiary/aromatic N) is 1. The van der Waals surface area contributed by atoms with E-state index in [2.05, 4.69) is 10.5 Å². The van der Waals surface area contributed by atoms with Crippen LogP contribution in [0, 0.1) is 6.92 Å². The molecule has 98 valence electrons. The molecule has 1 aromatic heterocycles. The van der Waals surface area contributed by atoms with Crippen LogP contribution in [0.2, 0.25) is 5.02 Å². The Labute approximate surface area is 116 Å². The van der Waals surface area contributed by atoms with Crippen LogP contribution in [0.3, 0.4) is 0 Å².